The SMILES string of the molecule is CCOC(=O)N[C@@H]1CCCN(C(=O)c2ccccc2)C1. The second kappa shape index (κ2) is 6.93. The monoisotopic (exact) mass is 276 g/mol. The zero-order valence-electron chi connectivity index (χ0n) is 11.7. The van der Waals surface area contributed by atoms with Gasteiger partial charge < -0.3 is 15.0 Å². The van der Waals surface area contributed by atoms with Crippen molar-refractivity contribution < 1.29 is 14.3 Å². The maximum atomic E-state index is 12.3. The van der Waals surface area contributed by atoms with Crippen molar-refractivity contribution in [1.82, 2.24) is 10.2 Å². The molecule has 1 saturated heterocycles. The zero-order valence-corrected chi connectivity index (χ0v) is 11.7. The van der Waals surface area contributed by atoms with E-state index in [4.69, 9.17) is 4.74 Å². The van der Waals surface area contributed by atoms with Crippen LogP contribution in [0, 0.1) is 0 Å². The lowest BCUT2D eigenvalue weighted by atomic mass is 10.0. The Kier molecular flexibility index (Phi) is 4.98. The van der Waals surface area contributed by atoms with Crippen molar-refractivity contribution in [2.45, 2.75) is 25.8 Å². The molecular formula is C15H20N2O3. The highest BCUT2D eigenvalue weighted by Crippen LogP contribution is 2.14. The van der Waals surface area contributed by atoms with Crippen molar-refractivity contribution >= 4 is 12.0 Å². The summed E-state index contributed by atoms with van der Waals surface area (Å²) in [4.78, 5) is 25.5. The van der Waals surface area contributed by atoms with E-state index in [0.29, 0.717) is 18.7 Å². The lowest BCUT2D eigenvalue weighted by Crippen LogP contribution is -2.49. The minimum absolute atomic E-state index is 0.0148. The summed E-state index contributed by atoms with van der Waals surface area (Å²) in [6, 6.07) is 9.18. The maximum absolute atomic E-state index is 12.3. The van der Waals surface area contributed by atoms with Crippen molar-refractivity contribution in [3.63, 3.8) is 0 Å². The van der Waals surface area contributed by atoms with Gasteiger partial charge >= 0.3 is 6.09 Å². The second-order valence-electron chi connectivity index (χ2n) is 4.82. The number of alkyl carbamates (subject to hydrolysis) is 1. The quantitative estimate of drug-likeness (QED) is 0.919. The van der Waals surface area contributed by atoms with Crippen molar-refractivity contribution in [3.05, 3.63) is 35.9 Å². The number of ether oxygens (including phenoxy) is 1. The molecule has 1 atom stereocenters. The molecule has 5 heteroatoms. The van der Waals surface area contributed by atoms with Gasteiger partial charge in [0.1, 0.15) is 0 Å². The Morgan fingerprint density at radius 2 is 2.10 bits per heavy atom. The van der Waals surface area contributed by atoms with Crippen LogP contribution in [0.4, 0.5) is 4.79 Å². The van der Waals surface area contributed by atoms with Gasteiger partial charge in [0.25, 0.3) is 5.91 Å². The molecule has 20 heavy (non-hydrogen) atoms. The van der Waals surface area contributed by atoms with Gasteiger partial charge in [-0.1, -0.05) is 18.2 Å². The van der Waals surface area contributed by atoms with Crippen LogP contribution < -0.4 is 5.32 Å². The lowest BCUT2D eigenvalue weighted by molar-refractivity contribution is 0.0686. The molecule has 1 aliphatic heterocycles. The third-order valence-electron chi connectivity index (χ3n) is 3.33. The first-order valence-electron chi connectivity index (χ1n) is 6.98. The highest BCUT2D eigenvalue weighted by molar-refractivity contribution is 5.94. The van der Waals surface area contributed by atoms with Gasteiger partial charge in [0.15, 0.2) is 0 Å². The molecule has 5 nitrogen and oxygen atoms in total. The number of amides is 2. The van der Waals surface area contributed by atoms with E-state index in [-0.39, 0.29) is 11.9 Å². The number of nitrogens with zero attached hydrogens (tertiary/aromatic N) is 1. The topological polar surface area (TPSA) is 58.6 Å². The first-order valence-corrected chi connectivity index (χ1v) is 6.98. The molecule has 0 aromatic heterocycles. The Morgan fingerprint density at radius 1 is 1.35 bits per heavy atom. The van der Waals surface area contributed by atoms with E-state index in [1.807, 2.05) is 30.3 Å². The number of hydrogen-bond acceptors (Lipinski definition) is 3. The Bertz CT molecular complexity index is 461. The summed E-state index contributed by atoms with van der Waals surface area (Å²) in [7, 11) is 0. The number of carbonyl (C=O) groups is 2. The fraction of sp³-hybridized carbons (Fsp3) is 0.467. The van der Waals surface area contributed by atoms with E-state index in [0.717, 1.165) is 19.4 Å². The number of hydrogen-bond donors (Lipinski definition) is 1. The van der Waals surface area contributed by atoms with Crippen molar-refractivity contribution in [2.24, 2.45) is 0 Å². The summed E-state index contributed by atoms with van der Waals surface area (Å²) < 4.78 is 4.87. The minimum atomic E-state index is -0.411. The molecule has 1 fully saturated rings. The molecule has 1 aromatic rings. The molecule has 0 radical (unpaired) electrons. The molecule has 0 aliphatic carbocycles. The molecule has 2 amide bonds. The second-order valence-corrected chi connectivity index (χ2v) is 4.82. The third kappa shape index (κ3) is 3.73. The summed E-state index contributed by atoms with van der Waals surface area (Å²) >= 11 is 0. The van der Waals surface area contributed by atoms with Gasteiger partial charge in [0, 0.05) is 24.7 Å². The molecule has 2 rings (SSSR count). The first-order chi connectivity index (χ1) is 9.70. The Balaban J connectivity index is 1.93. The van der Waals surface area contributed by atoms with E-state index in [2.05, 4.69) is 5.32 Å². The van der Waals surface area contributed by atoms with Crippen molar-refractivity contribution in [3.8, 4) is 0 Å². The fourth-order valence-corrected chi connectivity index (χ4v) is 2.38. The average molecular weight is 276 g/mol. The number of rotatable bonds is 3. The van der Waals surface area contributed by atoms with Crippen molar-refractivity contribution in [1.29, 1.82) is 0 Å². The highest BCUT2D eigenvalue weighted by Gasteiger charge is 2.25. The number of carbonyl (C=O) groups excluding carboxylic acids is 2. The van der Waals surface area contributed by atoms with Gasteiger partial charge in [-0.05, 0) is 31.9 Å². The largest absolute Gasteiger partial charge is 0.450 e. The highest BCUT2D eigenvalue weighted by atomic mass is 16.5. The van der Waals surface area contributed by atoms with Gasteiger partial charge in [-0.25, -0.2) is 4.79 Å². The van der Waals surface area contributed by atoms with Gasteiger partial charge in [-0.2, -0.15) is 0 Å². The van der Waals surface area contributed by atoms with Gasteiger partial charge in [0.05, 0.1) is 6.61 Å². The van der Waals surface area contributed by atoms with E-state index >= 15 is 0 Å². The van der Waals surface area contributed by atoms with Gasteiger partial charge in [-0.15, -0.1) is 0 Å². The molecule has 0 saturated carbocycles. The van der Waals surface area contributed by atoms with E-state index in [1.165, 1.54) is 0 Å². The number of piperidine rings is 1. The molecular weight excluding hydrogens is 256 g/mol. The number of benzene rings is 1. The smallest absolute Gasteiger partial charge is 0.407 e. The summed E-state index contributed by atoms with van der Waals surface area (Å²) in [6.07, 6.45) is 1.35. The predicted octanol–water partition coefficient (Wildman–Crippen LogP) is 2.04. The maximum Gasteiger partial charge on any atom is 0.407 e. The first kappa shape index (κ1) is 14.4. The summed E-state index contributed by atoms with van der Waals surface area (Å²) in [5.74, 6) is 0.0148. The van der Waals surface area contributed by atoms with Gasteiger partial charge in [-0.3, -0.25) is 4.79 Å². The number of nitrogens with one attached hydrogen (secondary N) is 1. The van der Waals surface area contributed by atoms with Gasteiger partial charge in [0.2, 0.25) is 0 Å². The van der Waals surface area contributed by atoms with Crippen LogP contribution in [0.1, 0.15) is 30.1 Å². The zero-order chi connectivity index (χ0) is 14.4. The van der Waals surface area contributed by atoms with E-state index in [9.17, 15) is 9.59 Å². The molecule has 0 bridgehead atoms. The predicted molar refractivity (Wildman–Crippen MR) is 75.5 cm³/mol. The van der Waals surface area contributed by atoms with Crippen LogP contribution in [0.25, 0.3) is 0 Å². The molecule has 1 aliphatic rings. The van der Waals surface area contributed by atoms with Crippen LogP contribution in [0.2, 0.25) is 0 Å². The molecule has 108 valence electrons. The molecule has 1 aromatic carbocycles. The van der Waals surface area contributed by atoms with Crippen LogP contribution in [-0.4, -0.2) is 42.6 Å². The molecule has 0 unspecified atom stereocenters. The summed E-state index contributed by atoms with van der Waals surface area (Å²) in [5, 5.41) is 2.80. The summed E-state index contributed by atoms with van der Waals surface area (Å²) in [6.45, 7) is 3.39. The number of likely N-dealkylation sites (tertiary alicyclic amines) is 1. The van der Waals surface area contributed by atoms with Crippen LogP contribution >= 0.6 is 0 Å². The Morgan fingerprint density at radius 3 is 2.80 bits per heavy atom. The normalized spacial score (nSPS) is 18.4. The molecule has 0 spiro atoms. The average Bonchev–Trinajstić information content (AvgIpc) is 2.48. The van der Waals surface area contributed by atoms with Crippen LogP contribution in [0.5, 0.6) is 0 Å². The minimum Gasteiger partial charge on any atom is -0.450 e. The molecule has 1 heterocycles. The van der Waals surface area contributed by atoms with Crippen molar-refractivity contribution in [2.75, 3.05) is 19.7 Å². The van der Waals surface area contributed by atoms with Crippen LogP contribution in [0.15, 0.2) is 30.3 Å². The summed E-state index contributed by atoms with van der Waals surface area (Å²) in [5.41, 5.74) is 0.685. The van der Waals surface area contributed by atoms with Crippen LogP contribution in [-0.2, 0) is 4.74 Å². The Hall–Kier alpha value is -2.04. The Labute approximate surface area is 118 Å². The van der Waals surface area contributed by atoms with E-state index in [1.54, 1.807) is 11.8 Å². The standard InChI is InChI=1S/C15H20N2O3/c1-2-20-15(19)16-13-9-6-10-17(11-13)14(18)12-7-4-3-5-8-12/h3-5,7-8,13H,2,6,9-11H2,1H3,(H,16,19)/t13-/m1/s1. The fourth-order valence-electron chi connectivity index (χ4n) is 2.38. The van der Waals surface area contributed by atoms with Crippen LogP contribution in [0.3, 0.4) is 0 Å². The lowest BCUT2D eigenvalue weighted by Gasteiger charge is -2.33. The third-order valence-corrected chi connectivity index (χ3v) is 3.33. The molecule has 1 N–H and O–H groups in total. The van der Waals surface area contributed by atoms with E-state index < -0.39 is 6.09 Å².